The van der Waals surface area contributed by atoms with Crippen LogP contribution in [0.5, 0.6) is 0 Å². The lowest BCUT2D eigenvalue weighted by Crippen LogP contribution is -2.43. The number of benzene rings is 1. The molecule has 1 aliphatic rings. The lowest BCUT2D eigenvalue weighted by Gasteiger charge is -2.31. The number of thioether (sulfide) groups is 1. The van der Waals surface area contributed by atoms with Gasteiger partial charge in [0.05, 0.1) is 10.8 Å². The zero-order chi connectivity index (χ0) is 21.8. The van der Waals surface area contributed by atoms with Gasteiger partial charge in [-0.2, -0.15) is 0 Å². The summed E-state index contributed by atoms with van der Waals surface area (Å²) in [5.41, 5.74) is 0.823. The van der Waals surface area contributed by atoms with Crippen LogP contribution in [0.25, 0.3) is 11.4 Å². The molecule has 0 unspecified atom stereocenters. The number of carbonyl (C=O) groups is 1. The average Bonchev–Trinajstić information content (AvgIpc) is 3.10. The predicted octanol–water partition coefficient (Wildman–Crippen LogP) is 6.49. The summed E-state index contributed by atoms with van der Waals surface area (Å²) < 4.78 is 2.20. The van der Waals surface area contributed by atoms with Crippen LogP contribution >= 0.6 is 35.0 Å². The maximum Gasteiger partial charge on any atom is 0.233 e. The smallest absolute Gasteiger partial charge is 0.233 e. The van der Waals surface area contributed by atoms with E-state index >= 15 is 0 Å². The number of halogens is 2. The molecule has 164 valence electrons. The van der Waals surface area contributed by atoms with Gasteiger partial charge >= 0.3 is 0 Å². The second-order valence-corrected chi connectivity index (χ2v) is 10.2. The molecular formula is C22H30Cl2N4OS. The zero-order valence-electron chi connectivity index (χ0n) is 18.1. The predicted molar refractivity (Wildman–Crippen MR) is 125 cm³/mol. The minimum atomic E-state index is 0.120. The number of aromatic nitrogens is 3. The highest BCUT2D eigenvalue weighted by Gasteiger charge is 2.26. The quantitative estimate of drug-likeness (QED) is 0.435. The highest BCUT2D eigenvalue weighted by Crippen LogP contribution is 2.38. The summed E-state index contributed by atoms with van der Waals surface area (Å²) in [5.74, 6) is 1.22. The molecule has 2 aromatic rings. The van der Waals surface area contributed by atoms with Crippen molar-refractivity contribution in [3.8, 4) is 11.4 Å². The summed E-state index contributed by atoms with van der Waals surface area (Å²) >= 11 is 14.0. The summed E-state index contributed by atoms with van der Waals surface area (Å²) in [6.45, 7) is 8.20. The Kier molecular flexibility index (Phi) is 8.11. The van der Waals surface area contributed by atoms with E-state index in [4.69, 9.17) is 23.2 Å². The number of hydrogen-bond acceptors (Lipinski definition) is 4. The Labute approximate surface area is 193 Å². The molecule has 0 spiro atoms. The van der Waals surface area contributed by atoms with Gasteiger partial charge in [0.25, 0.3) is 0 Å². The van der Waals surface area contributed by atoms with Gasteiger partial charge in [0.15, 0.2) is 11.0 Å². The van der Waals surface area contributed by atoms with E-state index in [0.29, 0.717) is 21.8 Å². The van der Waals surface area contributed by atoms with E-state index in [1.54, 1.807) is 6.07 Å². The Morgan fingerprint density at radius 1 is 1.13 bits per heavy atom. The van der Waals surface area contributed by atoms with Gasteiger partial charge < -0.3 is 4.90 Å². The van der Waals surface area contributed by atoms with Crippen LogP contribution in [0.3, 0.4) is 0 Å². The van der Waals surface area contributed by atoms with Gasteiger partial charge in [-0.3, -0.25) is 9.36 Å². The first-order valence-electron chi connectivity index (χ1n) is 10.6. The fourth-order valence-electron chi connectivity index (χ4n) is 4.27. The molecule has 1 aromatic heterocycles. The van der Waals surface area contributed by atoms with E-state index in [1.165, 1.54) is 31.0 Å². The van der Waals surface area contributed by atoms with E-state index in [0.717, 1.165) is 29.4 Å². The molecule has 0 saturated heterocycles. The van der Waals surface area contributed by atoms with Crippen molar-refractivity contribution < 1.29 is 4.79 Å². The van der Waals surface area contributed by atoms with Crippen LogP contribution in [0.1, 0.15) is 65.8 Å². The van der Waals surface area contributed by atoms with E-state index in [1.807, 2.05) is 44.7 Å². The van der Waals surface area contributed by atoms with Crippen LogP contribution in [0.4, 0.5) is 0 Å². The third-order valence-corrected chi connectivity index (χ3v) is 6.98. The Hall–Kier alpha value is -1.24. The lowest BCUT2D eigenvalue weighted by molar-refractivity contribution is -0.131. The molecular weight excluding hydrogens is 439 g/mol. The molecule has 1 heterocycles. The van der Waals surface area contributed by atoms with Gasteiger partial charge in [0.1, 0.15) is 0 Å². The first-order valence-corrected chi connectivity index (χ1v) is 12.4. The average molecular weight is 469 g/mol. The normalized spacial score (nSPS) is 15.2. The van der Waals surface area contributed by atoms with Crippen molar-refractivity contribution in [2.45, 2.75) is 83.1 Å². The fraction of sp³-hybridized carbons (Fsp3) is 0.591. The number of nitrogens with zero attached hydrogens (tertiary/aromatic N) is 4. The first kappa shape index (κ1) is 23.4. The maximum absolute atomic E-state index is 12.9. The number of amides is 1. The minimum Gasteiger partial charge on any atom is -0.337 e. The van der Waals surface area contributed by atoms with Crippen molar-refractivity contribution in [3.63, 3.8) is 0 Å². The first-order chi connectivity index (χ1) is 14.3. The Morgan fingerprint density at radius 2 is 1.80 bits per heavy atom. The fourth-order valence-corrected chi connectivity index (χ4v) is 5.64. The number of hydrogen-bond donors (Lipinski definition) is 0. The van der Waals surface area contributed by atoms with Crippen molar-refractivity contribution >= 4 is 40.9 Å². The van der Waals surface area contributed by atoms with Gasteiger partial charge in [0.2, 0.25) is 5.91 Å². The largest absolute Gasteiger partial charge is 0.337 e. The van der Waals surface area contributed by atoms with E-state index in [2.05, 4.69) is 14.8 Å². The Balaban J connectivity index is 1.91. The van der Waals surface area contributed by atoms with Crippen LogP contribution < -0.4 is 0 Å². The molecule has 0 radical (unpaired) electrons. The van der Waals surface area contributed by atoms with E-state index < -0.39 is 0 Å². The molecule has 0 bridgehead atoms. The SMILES string of the molecule is CC(C)N(C(=O)CSc1nnc(-c2ccc(Cl)cc2Cl)n1C1CCCCC1)C(C)C. The molecule has 30 heavy (non-hydrogen) atoms. The van der Waals surface area contributed by atoms with E-state index in [-0.39, 0.29) is 18.0 Å². The second kappa shape index (κ2) is 10.4. The highest BCUT2D eigenvalue weighted by atomic mass is 35.5. The van der Waals surface area contributed by atoms with Gasteiger partial charge in [-0.25, -0.2) is 0 Å². The van der Waals surface area contributed by atoms with Crippen LogP contribution in [0, 0.1) is 0 Å². The number of carbonyl (C=O) groups excluding carboxylic acids is 1. The van der Waals surface area contributed by atoms with Crippen molar-refractivity contribution in [1.82, 2.24) is 19.7 Å². The van der Waals surface area contributed by atoms with Crippen LogP contribution in [0.15, 0.2) is 23.4 Å². The maximum atomic E-state index is 12.9. The summed E-state index contributed by atoms with van der Waals surface area (Å²) in [6, 6.07) is 6.10. The van der Waals surface area contributed by atoms with Gasteiger partial charge in [-0.1, -0.05) is 54.2 Å². The van der Waals surface area contributed by atoms with Crippen molar-refractivity contribution in [3.05, 3.63) is 28.2 Å². The number of rotatable bonds is 7. The minimum absolute atomic E-state index is 0.120. The lowest BCUT2D eigenvalue weighted by atomic mass is 9.95. The molecule has 1 aliphatic carbocycles. The standard InChI is InChI=1S/C22H30Cl2N4OS/c1-14(2)27(15(3)4)20(29)13-30-22-26-25-21(18-11-10-16(23)12-19(18)24)28(22)17-8-6-5-7-9-17/h10-12,14-15,17H,5-9,13H2,1-4H3. The van der Waals surface area contributed by atoms with Crippen molar-refractivity contribution in [1.29, 1.82) is 0 Å². The summed E-state index contributed by atoms with van der Waals surface area (Å²) in [7, 11) is 0. The molecule has 1 fully saturated rings. The second-order valence-electron chi connectivity index (χ2n) is 8.37. The third kappa shape index (κ3) is 5.32. The highest BCUT2D eigenvalue weighted by molar-refractivity contribution is 7.99. The molecule has 0 N–H and O–H groups in total. The molecule has 0 atom stereocenters. The van der Waals surface area contributed by atoms with Gasteiger partial charge in [-0.05, 0) is 58.7 Å². The molecule has 1 saturated carbocycles. The summed E-state index contributed by atoms with van der Waals surface area (Å²) in [6.07, 6.45) is 5.81. The van der Waals surface area contributed by atoms with Gasteiger partial charge in [-0.15, -0.1) is 10.2 Å². The van der Waals surface area contributed by atoms with Gasteiger partial charge in [0, 0.05) is 28.7 Å². The molecule has 0 aliphatic heterocycles. The third-order valence-electron chi connectivity index (χ3n) is 5.50. The van der Waals surface area contributed by atoms with Crippen molar-refractivity contribution in [2.24, 2.45) is 0 Å². The van der Waals surface area contributed by atoms with E-state index in [9.17, 15) is 4.79 Å². The molecule has 1 aromatic carbocycles. The monoisotopic (exact) mass is 468 g/mol. The van der Waals surface area contributed by atoms with Crippen molar-refractivity contribution in [2.75, 3.05) is 5.75 Å². The topological polar surface area (TPSA) is 51.0 Å². The molecule has 8 heteroatoms. The Bertz CT molecular complexity index is 870. The summed E-state index contributed by atoms with van der Waals surface area (Å²) in [5, 5.41) is 10.9. The zero-order valence-corrected chi connectivity index (χ0v) is 20.4. The van der Waals surface area contributed by atoms with Crippen LogP contribution in [0.2, 0.25) is 10.0 Å². The van der Waals surface area contributed by atoms with Crippen LogP contribution in [-0.4, -0.2) is 43.4 Å². The van der Waals surface area contributed by atoms with Crippen LogP contribution in [-0.2, 0) is 4.79 Å². The Morgan fingerprint density at radius 3 is 2.40 bits per heavy atom. The molecule has 5 nitrogen and oxygen atoms in total. The molecule has 3 rings (SSSR count). The molecule has 1 amide bonds. The summed E-state index contributed by atoms with van der Waals surface area (Å²) in [4.78, 5) is 14.8.